The molecule has 0 bridgehead atoms. The molecule has 156 valence electrons. The summed E-state index contributed by atoms with van der Waals surface area (Å²) in [5, 5.41) is 7.41. The molecule has 3 aromatic rings. The summed E-state index contributed by atoms with van der Waals surface area (Å²) in [6.07, 6.45) is 8.58. The maximum absolute atomic E-state index is 13.3. The Balaban J connectivity index is 1.48. The number of carbonyl (C=O) groups is 1. The van der Waals surface area contributed by atoms with Gasteiger partial charge in [0.15, 0.2) is 0 Å². The Bertz CT molecular complexity index is 1020. The van der Waals surface area contributed by atoms with Gasteiger partial charge >= 0.3 is 0 Å². The highest BCUT2D eigenvalue weighted by Gasteiger charge is 2.31. The van der Waals surface area contributed by atoms with Crippen molar-refractivity contribution < 1.29 is 13.9 Å². The third-order valence-electron chi connectivity index (χ3n) is 5.52. The number of benzene rings is 1. The number of hydrogen-bond donors (Lipinski definition) is 1. The minimum Gasteiger partial charge on any atom is -0.493 e. The van der Waals surface area contributed by atoms with E-state index in [1.54, 1.807) is 18.3 Å². The Morgan fingerprint density at radius 1 is 1.27 bits per heavy atom. The van der Waals surface area contributed by atoms with E-state index in [1.807, 2.05) is 30.3 Å². The zero-order chi connectivity index (χ0) is 20.9. The fourth-order valence-electron chi connectivity index (χ4n) is 4.03. The van der Waals surface area contributed by atoms with Gasteiger partial charge in [0.05, 0.1) is 31.0 Å². The Hall–Kier alpha value is -3.22. The summed E-state index contributed by atoms with van der Waals surface area (Å²) in [7, 11) is 0. The zero-order valence-electron chi connectivity index (χ0n) is 17.0. The van der Waals surface area contributed by atoms with Crippen molar-refractivity contribution in [2.75, 3.05) is 13.2 Å². The molecule has 1 aromatic carbocycles. The van der Waals surface area contributed by atoms with E-state index in [0.29, 0.717) is 12.3 Å². The van der Waals surface area contributed by atoms with E-state index in [2.05, 4.69) is 15.2 Å². The molecule has 2 aromatic heterocycles. The number of H-pyrrole nitrogens is 1. The van der Waals surface area contributed by atoms with Gasteiger partial charge in [-0.25, -0.2) is 4.39 Å². The van der Waals surface area contributed by atoms with Gasteiger partial charge in [-0.05, 0) is 55.5 Å². The molecule has 0 saturated carbocycles. The minimum absolute atomic E-state index is 0.0307. The van der Waals surface area contributed by atoms with Crippen LogP contribution >= 0.6 is 0 Å². The molecule has 1 amide bonds. The third kappa shape index (κ3) is 4.35. The number of ether oxygens (including phenoxy) is 1. The first kappa shape index (κ1) is 20.1. The van der Waals surface area contributed by atoms with Crippen LogP contribution < -0.4 is 4.74 Å². The summed E-state index contributed by atoms with van der Waals surface area (Å²) in [5.41, 5.74) is 4.11. The number of amides is 1. The summed E-state index contributed by atoms with van der Waals surface area (Å²) >= 11 is 0. The molecule has 0 radical (unpaired) electrons. The second-order valence-corrected chi connectivity index (χ2v) is 7.54. The molecule has 1 saturated heterocycles. The number of aromatic nitrogens is 3. The predicted octanol–water partition coefficient (Wildman–Crippen LogP) is 4.44. The quantitative estimate of drug-likeness (QED) is 0.654. The average molecular weight is 408 g/mol. The van der Waals surface area contributed by atoms with Gasteiger partial charge in [-0.1, -0.05) is 6.07 Å². The smallest absolute Gasteiger partial charge is 0.226 e. The molecule has 6 nitrogen and oxygen atoms in total. The summed E-state index contributed by atoms with van der Waals surface area (Å²) < 4.78 is 18.9. The highest BCUT2D eigenvalue weighted by atomic mass is 19.1. The maximum atomic E-state index is 13.3. The first-order chi connectivity index (χ1) is 14.6. The average Bonchev–Trinajstić information content (AvgIpc) is 3.23. The van der Waals surface area contributed by atoms with Crippen molar-refractivity contribution >= 4 is 5.91 Å². The topological polar surface area (TPSA) is 71.1 Å². The number of piperidine rings is 1. The van der Waals surface area contributed by atoms with Crippen molar-refractivity contribution in [3.05, 3.63) is 66.0 Å². The number of hydrogen-bond acceptors (Lipinski definition) is 4. The molecular formula is C23H25FN4O2. The van der Waals surface area contributed by atoms with Gasteiger partial charge in [0.25, 0.3) is 0 Å². The second-order valence-electron chi connectivity index (χ2n) is 7.54. The number of aromatic amines is 1. The van der Waals surface area contributed by atoms with Crippen LogP contribution in [0, 0.1) is 12.7 Å². The van der Waals surface area contributed by atoms with E-state index >= 15 is 0 Å². The van der Waals surface area contributed by atoms with Crippen molar-refractivity contribution in [1.82, 2.24) is 20.1 Å². The molecule has 1 N–H and O–H groups in total. The Morgan fingerprint density at radius 3 is 3.00 bits per heavy atom. The molecule has 7 heteroatoms. The van der Waals surface area contributed by atoms with Gasteiger partial charge in [0.2, 0.25) is 5.91 Å². The summed E-state index contributed by atoms with van der Waals surface area (Å²) in [6.45, 7) is 2.94. The number of nitrogens with one attached hydrogen (secondary N) is 1. The van der Waals surface area contributed by atoms with Crippen LogP contribution in [0.4, 0.5) is 4.39 Å². The number of pyridine rings is 1. The molecule has 0 aliphatic carbocycles. The van der Waals surface area contributed by atoms with E-state index in [4.69, 9.17) is 4.74 Å². The molecule has 1 aliphatic heterocycles. The molecule has 1 unspecified atom stereocenters. The lowest BCUT2D eigenvalue weighted by Gasteiger charge is -2.36. The standard InChI is InChI=1S/C23H25FN4O2/c1-16-14-25-10-8-19(16)20-15-26-27-23(20)21-7-2-3-11-28(21)22(29)9-12-30-18-6-4-5-17(24)13-18/h4-6,8,10,13-15,21H,2-3,7,9,11-12H2,1H3,(H,26,27). The molecule has 30 heavy (non-hydrogen) atoms. The second kappa shape index (κ2) is 9.07. The summed E-state index contributed by atoms with van der Waals surface area (Å²) in [5.74, 6) is 0.109. The molecular weight excluding hydrogens is 383 g/mol. The van der Waals surface area contributed by atoms with Crippen molar-refractivity contribution in [2.45, 2.75) is 38.6 Å². The molecule has 1 aliphatic rings. The predicted molar refractivity (Wildman–Crippen MR) is 111 cm³/mol. The van der Waals surface area contributed by atoms with Gasteiger partial charge < -0.3 is 9.64 Å². The van der Waals surface area contributed by atoms with Crippen molar-refractivity contribution in [3.63, 3.8) is 0 Å². The lowest BCUT2D eigenvalue weighted by Crippen LogP contribution is -2.39. The van der Waals surface area contributed by atoms with Crippen LogP contribution in [0.2, 0.25) is 0 Å². The monoisotopic (exact) mass is 408 g/mol. The minimum atomic E-state index is -0.354. The molecule has 4 rings (SSSR count). The van der Waals surface area contributed by atoms with E-state index < -0.39 is 0 Å². The van der Waals surface area contributed by atoms with Crippen molar-refractivity contribution in [2.24, 2.45) is 0 Å². The Morgan fingerprint density at radius 2 is 2.17 bits per heavy atom. The number of rotatable bonds is 6. The van der Waals surface area contributed by atoms with E-state index in [-0.39, 0.29) is 30.8 Å². The fourth-order valence-corrected chi connectivity index (χ4v) is 4.03. The van der Waals surface area contributed by atoms with Gasteiger partial charge in [-0.2, -0.15) is 5.10 Å². The first-order valence-corrected chi connectivity index (χ1v) is 10.3. The maximum Gasteiger partial charge on any atom is 0.226 e. The highest BCUT2D eigenvalue weighted by Crippen LogP contribution is 2.36. The SMILES string of the molecule is Cc1cnccc1-c1cn[nH]c1C1CCCCN1C(=O)CCOc1cccc(F)c1. The largest absolute Gasteiger partial charge is 0.493 e. The van der Waals surface area contributed by atoms with Gasteiger partial charge in [-0.3, -0.25) is 14.9 Å². The van der Waals surface area contributed by atoms with Gasteiger partial charge in [0, 0.05) is 30.6 Å². The van der Waals surface area contributed by atoms with Gasteiger partial charge in [-0.15, -0.1) is 0 Å². The van der Waals surface area contributed by atoms with E-state index in [0.717, 1.165) is 41.6 Å². The van der Waals surface area contributed by atoms with Gasteiger partial charge in [0.1, 0.15) is 11.6 Å². The van der Waals surface area contributed by atoms with E-state index in [9.17, 15) is 9.18 Å². The molecule has 0 spiro atoms. The number of nitrogens with zero attached hydrogens (tertiary/aromatic N) is 3. The number of aryl methyl sites for hydroxylation is 1. The van der Waals surface area contributed by atoms with Crippen molar-refractivity contribution in [3.8, 4) is 16.9 Å². The number of carbonyl (C=O) groups excluding carboxylic acids is 1. The third-order valence-corrected chi connectivity index (χ3v) is 5.52. The van der Waals surface area contributed by atoms with Crippen LogP contribution in [0.3, 0.4) is 0 Å². The lowest BCUT2D eigenvalue weighted by atomic mass is 9.93. The zero-order valence-corrected chi connectivity index (χ0v) is 17.0. The van der Waals surface area contributed by atoms with Crippen LogP contribution in [0.1, 0.15) is 43.0 Å². The number of halogens is 1. The normalized spacial score (nSPS) is 16.5. The van der Waals surface area contributed by atoms with Crippen LogP contribution in [0.15, 0.2) is 48.9 Å². The Labute approximate surface area is 175 Å². The van der Waals surface area contributed by atoms with Crippen LogP contribution in [-0.4, -0.2) is 39.1 Å². The van der Waals surface area contributed by atoms with Crippen molar-refractivity contribution in [1.29, 1.82) is 0 Å². The number of likely N-dealkylation sites (tertiary alicyclic amines) is 1. The summed E-state index contributed by atoms with van der Waals surface area (Å²) in [4.78, 5) is 19.1. The fraction of sp³-hybridized carbons (Fsp3) is 0.348. The Kier molecular flexibility index (Phi) is 6.07. The van der Waals surface area contributed by atoms with Crippen LogP contribution in [-0.2, 0) is 4.79 Å². The van der Waals surface area contributed by atoms with Crippen LogP contribution in [0.5, 0.6) is 5.75 Å². The van der Waals surface area contributed by atoms with Crippen LogP contribution in [0.25, 0.3) is 11.1 Å². The lowest BCUT2D eigenvalue weighted by molar-refractivity contribution is -0.135. The molecule has 1 atom stereocenters. The van der Waals surface area contributed by atoms with E-state index in [1.165, 1.54) is 12.1 Å². The molecule has 3 heterocycles. The summed E-state index contributed by atoms with van der Waals surface area (Å²) in [6, 6.07) is 7.89. The first-order valence-electron chi connectivity index (χ1n) is 10.3. The highest BCUT2D eigenvalue weighted by molar-refractivity contribution is 5.78. The molecule has 1 fully saturated rings.